The summed E-state index contributed by atoms with van der Waals surface area (Å²) in [6.07, 6.45) is 7.07. The number of nitrogens with two attached hydrogens (primary N) is 1. The molecule has 7 nitrogen and oxygen atoms in total. The fraction of sp³-hybridized carbons (Fsp3) is 0.333. The number of rotatable bonds is 10. The summed E-state index contributed by atoms with van der Waals surface area (Å²) in [6, 6.07) is 23.8. The first-order valence-electron chi connectivity index (χ1n) is 15.5. The average Bonchev–Trinajstić information content (AvgIpc) is 3.66. The number of para-hydroxylation sites is 2. The summed E-state index contributed by atoms with van der Waals surface area (Å²) in [7, 11) is 1.68. The second-order valence-electron chi connectivity index (χ2n) is 11.9. The molecular weight excluding hydrogens is 566 g/mol. The van der Waals surface area contributed by atoms with Gasteiger partial charge in [-0.1, -0.05) is 48.9 Å². The number of carbonyl (C=O) groups excluding carboxylic acids is 1. The van der Waals surface area contributed by atoms with Crippen molar-refractivity contribution in [3.05, 3.63) is 100 Å². The third-order valence-corrected chi connectivity index (χ3v) is 9.68. The average molecular weight is 608 g/mol. The molecule has 2 unspecified atom stereocenters. The van der Waals surface area contributed by atoms with Crippen LogP contribution in [-0.4, -0.2) is 35.7 Å². The standard InChI is InChI=1S/C36H41N5O2S/c1-24-9-7-12-28(17-24)40-36-41(33(23-44-36)30-14-4-6-16-34(30)43-2)32(19-27-22-38-31-15-5-3-13-29(27)31)35(42)39-21-26-11-8-10-25(18-26)20-37/h3-7,9,12-17,22-23,25-26,32,38H,8,10-11,18-21,37H2,1-2H3,(H,39,42)/t25?,26?,32-/m0/s1. The largest absolute Gasteiger partial charge is 0.496 e. The molecule has 3 aromatic carbocycles. The van der Waals surface area contributed by atoms with Crippen LogP contribution in [0.1, 0.15) is 42.9 Å². The Kier molecular flexibility index (Phi) is 9.28. The number of ether oxygens (including phenoxy) is 1. The summed E-state index contributed by atoms with van der Waals surface area (Å²) >= 11 is 1.54. The second kappa shape index (κ2) is 13.7. The summed E-state index contributed by atoms with van der Waals surface area (Å²) in [5.74, 6) is 1.72. The van der Waals surface area contributed by atoms with Crippen LogP contribution in [0.3, 0.4) is 0 Å². The maximum Gasteiger partial charge on any atom is 0.243 e. The van der Waals surface area contributed by atoms with Crippen LogP contribution in [0.2, 0.25) is 0 Å². The van der Waals surface area contributed by atoms with Gasteiger partial charge in [-0.25, -0.2) is 4.99 Å². The molecule has 4 N–H and O–H groups in total. The maximum atomic E-state index is 14.5. The minimum atomic E-state index is -0.544. The van der Waals surface area contributed by atoms with Gasteiger partial charge < -0.3 is 25.3 Å². The number of nitrogens with zero attached hydrogens (tertiary/aromatic N) is 2. The number of hydrogen-bond donors (Lipinski definition) is 3. The zero-order valence-electron chi connectivity index (χ0n) is 25.5. The summed E-state index contributed by atoms with van der Waals surface area (Å²) < 4.78 is 7.91. The van der Waals surface area contributed by atoms with E-state index in [1.54, 1.807) is 18.4 Å². The third kappa shape index (κ3) is 6.51. The Hall–Kier alpha value is -4.14. The van der Waals surface area contributed by atoms with Crippen LogP contribution in [0.4, 0.5) is 5.69 Å². The molecule has 1 aliphatic rings. The van der Waals surface area contributed by atoms with Gasteiger partial charge in [-0.2, -0.15) is 0 Å². The zero-order chi connectivity index (χ0) is 30.5. The molecule has 5 aromatic rings. The van der Waals surface area contributed by atoms with Crippen molar-refractivity contribution in [1.82, 2.24) is 14.9 Å². The monoisotopic (exact) mass is 607 g/mol. The maximum absolute atomic E-state index is 14.5. The molecule has 8 heteroatoms. The molecule has 6 rings (SSSR count). The Bertz CT molecular complexity index is 1800. The lowest BCUT2D eigenvalue weighted by molar-refractivity contribution is -0.124. The van der Waals surface area contributed by atoms with Gasteiger partial charge in [0.05, 0.1) is 18.5 Å². The lowest BCUT2D eigenvalue weighted by atomic mass is 9.81. The number of benzene rings is 3. The smallest absolute Gasteiger partial charge is 0.243 e. The van der Waals surface area contributed by atoms with E-state index in [-0.39, 0.29) is 5.91 Å². The topological polar surface area (TPSA) is 97.4 Å². The molecule has 2 heterocycles. The van der Waals surface area contributed by atoms with E-state index in [1.165, 1.54) is 6.42 Å². The fourth-order valence-corrected chi connectivity index (χ4v) is 7.49. The highest BCUT2D eigenvalue weighted by atomic mass is 32.1. The predicted molar refractivity (Wildman–Crippen MR) is 179 cm³/mol. The van der Waals surface area contributed by atoms with Gasteiger partial charge >= 0.3 is 0 Å². The van der Waals surface area contributed by atoms with Crippen LogP contribution in [0.15, 0.2) is 89.4 Å². The highest BCUT2D eigenvalue weighted by molar-refractivity contribution is 7.07. The van der Waals surface area contributed by atoms with Crippen molar-refractivity contribution in [3.8, 4) is 17.0 Å². The number of H-pyrrole nitrogens is 1. The number of nitrogens with one attached hydrogen (secondary N) is 2. The van der Waals surface area contributed by atoms with E-state index < -0.39 is 6.04 Å². The zero-order valence-corrected chi connectivity index (χ0v) is 26.3. The Morgan fingerprint density at radius 2 is 1.93 bits per heavy atom. The third-order valence-electron chi connectivity index (χ3n) is 8.84. The second-order valence-corrected chi connectivity index (χ2v) is 12.7. The minimum Gasteiger partial charge on any atom is -0.496 e. The molecule has 0 aliphatic heterocycles. The van der Waals surface area contributed by atoms with Crippen LogP contribution in [0.25, 0.3) is 22.2 Å². The first-order chi connectivity index (χ1) is 21.5. The van der Waals surface area contributed by atoms with Gasteiger partial charge in [0.25, 0.3) is 0 Å². The number of carbonyl (C=O) groups is 1. The molecule has 228 valence electrons. The van der Waals surface area contributed by atoms with Crippen LogP contribution in [-0.2, 0) is 11.2 Å². The molecule has 1 aliphatic carbocycles. The summed E-state index contributed by atoms with van der Waals surface area (Å²) in [5.41, 5.74) is 12.0. The van der Waals surface area contributed by atoms with Crippen molar-refractivity contribution in [2.75, 3.05) is 20.2 Å². The van der Waals surface area contributed by atoms with E-state index in [1.807, 2.05) is 54.7 Å². The minimum absolute atomic E-state index is 0.00890. The number of methoxy groups -OCH3 is 1. The van der Waals surface area contributed by atoms with Crippen LogP contribution in [0, 0.1) is 18.8 Å². The summed E-state index contributed by atoms with van der Waals surface area (Å²) in [4.78, 5) is 23.7. The van der Waals surface area contributed by atoms with Gasteiger partial charge in [0, 0.05) is 41.0 Å². The van der Waals surface area contributed by atoms with Crippen molar-refractivity contribution >= 4 is 33.8 Å². The van der Waals surface area contributed by atoms with Gasteiger partial charge in [-0.3, -0.25) is 4.79 Å². The van der Waals surface area contributed by atoms with Crippen molar-refractivity contribution in [2.24, 2.45) is 22.6 Å². The molecule has 0 saturated heterocycles. The SMILES string of the molecule is COc1ccccc1-c1csc(=Nc2cccc(C)c2)n1[C@@H](Cc1c[nH]c2ccccc12)C(=O)NCC1CCCC(CN)C1. The van der Waals surface area contributed by atoms with E-state index >= 15 is 0 Å². The lowest BCUT2D eigenvalue weighted by Gasteiger charge is -2.29. The molecule has 1 saturated carbocycles. The Morgan fingerprint density at radius 1 is 1.11 bits per heavy atom. The Morgan fingerprint density at radius 3 is 2.77 bits per heavy atom. The fourth-order valence-electron chi connectivity index (χ4n) is 6.54. The summed E-state index contributed by atoms with van der Waals surface area (Å²) in [6.45, 7) is 3.43. The van der Waals surface area contributed by atoms with Crippen molar-refractivity contribution in [3.63, 3.8) is 0 Å². The van der Waals surface area contributed by atoms with Gasteiger partial charge in [0.2, 0.25) is 5.91 Å². The normalized spacial score (nSPS) is 17.9. The van der Waals surface area contributed by atoms with Crippen LogP contribution >= 0.6 is 11.3 Å². The molecule has 0 spiro atoms. The molecule has 0 bridgehead atoms. The Labute approximate surface area is 262 Å². The van der Waals surface area contributed by atoms with E-state index in [0.29, 0.717) is 31.3 Å². The van der Waals surface area contributed by atoms with Crippen LogP contribution in [0.5, 0.6) is 5.75 Å². The van der Waals surface area contributed by atoms with E-state index in [0.717, 1.165) is 68.8 Å². The first kappa shape index (κ1) is 29.9. The quantitative estimate of drug-likeness (QED) is 0.161. The van der Waals surface area contributed by atoms with Gasteiger partial charge in [0.1, 0.15) is 11.8 Å². The van der Waals surface area contributed by atoms with Crippen molar-refractivity contribution in [2.45, 2.75) is 45.1 Å². The number of thiazole rings is 1. The molecule has 3 atom stereocenters. The lowest BCUT2D eigenvalue weighted by Crippen LogP contribution is -2.40. The van der Waals surface area contributed by atoms with Crippen LogP contribution < -0.4 is 20.6 Å². The molecular formula is C36H41N5O2S. The molecule has 2 aromatic heterocycles. The Balaban J connectivity index is 1.47. The van der Waals surface area contributed by atoms with Gasteiger partial charge in [-0.15, -0.1) is 11.3 Å². The molecule has 1 fully saturated rings. The van der Waals surface area contributed by atoms with Gasteiger partial charge in [0.15, 0.2) is 4.80 Å². The highest BCUT2D eigenvalue weighted by Gasteiger charge is 2.29. The van der Waals surface area contributed by atoms with E-state index in [9.17, 15) is 4.79 Å². The highest BCUT2D eigenvalue weighted by Crippen LogP contribution is 2.34. The number of fused-ring (bicyclic) bond motifs is 1. The van der Waals surface area contributed by atoms with Crippen molar-refractivity contribution in [1.29, 1.82) is 0 Å². The molecule has 0 radical (unpaired) electrons. The molecule has 1 amide bonds. The molecule has 44 heavy (non-hydrogen) atoms. The first-order valence-corrected chi connectivity index (χ1v) is 16.4. The number of aromatic nitrogens is 2. The van der Waals surface area contributed by atoms with E-state index in [2.05, 4.69) is 51.4 Å². The number of aromatic amines is 1. The van der Waals surface area contributed by atoms with Gasteiger partial charge in [-0.05, 0) is 86.0 Å². The summed E-state index contributed by atoms with van der Waals surface area (Å²) in [5, 5.41) is 6.59. The predicted octanol–water partition coefficient (Wildman–Crippen LogP) is 6.91. The number of hydrogen-bond acceptors (Lipinski definition) is 5. The van der Waals surface area contributed by atoms with Crippen molar-refractivity contribution < 1.29 is 9.53 Å². The number of aryl methyl sites for hydroxylation is 1. The van der Waals surface area contributed by atoms with E-state index in [4.69, 9.17) is 15.5 Å². The number of amides is 1.